The van der Waals surface area contributed by atoms with Crippen LogP contribution >= 0.6 is 11.8 Å². The Bertz CT molecular complexity index is 196. The standard InChI is InChI=1S/C8H15NO3S/c1-5(8(11)12)6(2)9-7(10)4-13-3/h5-6H,4H2,1-3H3,(H,9,10)(H,11,12). The number of thioether (sulfide) groups is 1. The minimum absolute atomic E-state index is 0.117. The Labute approximate surface area is 82.1 Å². The summed E-state index contributed by atoms with van der Waals surface area (Å²) in [5, 5.41) is 11.3. The highest BCUT2D eigenvalue weighted by atomic mass is 32.2. The monoisotopic (exact) mass is 205 g/mol. The average Bonchev–Trinajstić information content (AvgIpc) is 2.03. The molecule has 0 fully saturated rings. The van der Waals surface area contributed by atoms with Gasteiger partial charge in [0.15, 0.2) is 0 Å². The molecule has 0 heterocycles. The molecule has 1 amide bonds. The van der Waals surface area contributed by atoms with E-state index in [0.717, 1.165) is 0 Å². The van der Waals surface area contributed by atoms with E-state index in [0.29, 0.717) is 5.75 Å². The summed E-state index contributed by atoms with van der Waals surface area (Å²) >= 11 is 1.41. The van der Waals surface area contributed by atoms with Crippen LogP contribution in [0.15, 0.2) is 0 Å². The summed E-state index contributed by atoms with van der Waals surface area (Å²) in [6, 6.07) is -0.322. The van der Waals surface area contributed by atoms with E-state index in [-0.39, 0.29) is 11.9 Å². The van der Waals surface area contributed by atoms with Gasteiger partial charge < -0.3 is 10.4 Å². The number of rotatable bonds is 5. The highest BCUT2D eigenvalue weighted by molar-refractivity contribution is 7.99. The van der Waals surface area contributed by atoms with Gasteiger partial charge in [-0.1, -0.05) is 0 Å². The van der Waals surface area contributed by atoms with Crippen molar-refractivity contribution in [3.05, 3.63) is 0 Å². The zero-order valence-corrected chi connectivity index (χ0v) is 8.85. The molecular weight excluding hydrogens is 190 g/mol. The van der Waals surface area contributed by atoms with Crippen molar-refractivity contribution in [3.8, 4) is 0 Å². The molecule has 5 heteroatoms. The quantitative estimate of drug-likeness (QED) is 0.689. The molecule has 2 atom stereocenters. The van der Waals surface area contributed by atoms with Gasteiger partial charge >= 0.3 is 5.97 Å². The van der Waals surface area contributed by atoms with Crippen molar-refractivity contribution in [2.45, 2.75) is 19.9 Å². The second kappa shape index (κ2) is 5.85. The molecule has 4 nitrogen and oxygen atoms in total. The second-order valence-electron chi connectivity index (χ2n) is 2.92. The van der Waals surface area contributed by atoms with Crippen LogP contribution in [0.1, 0.15) is 13.8 Å². The molecule has 0 aromatic rings. The molecule has 0 aliphatic heterocycles. The molecule has 0 aromatic carbocycles. The summed E-state index contributed by atoms with van der Waals surface area (Å²) in [6.07, 6.45) is 1.82. The van der Waals surface area contributed by atoms with Gasteiger partial charge in [0, 0.05) is 6.04 Å². The Balaban J connectivity index is 3.92. The Morgan fingerprint density at radius 3 is 2.38 bits per heavy atom. The van der Waals surface area contributed by atoms with Crippen LogP contribution < -0.4 is 5.32 Å². The zero-order chi connectivity index (χ0) is 10.4. The fraction of sp³-hybridized carbons (Fsp3) is 0.750. The third-order valence-electron chi connectivity index (χ3n) is 1.80. The zero-order valence-electron chi connectivity index (χ0n) is 8.03. The maximum absolute atomic E-state index is 11.1. The van der Waals surface area contributed by atoms with Gasteiger partial charge in [-0.15, -0.1) is 0 Å². The molecule has 0 aliphatic carbocycles. The molecule has 0 spiro atoms. The van der Waals surface area contributed by atoms with Crippen molar-refractivity contribution >= 4 is 23.6 Å². The summed E-state index contributed by atoms with van der Waals surface area (Å²) in [7, 11) is 0. The van der Waals surface area contributed by atoms with E-state index < -0.39 is 11.9 Å². The Morgan fingerprint density at radius 2 is 2.00 bits per heavy atom. The molecule has 13 heavy (non-hydrogen) atoms. The normalized spacial score (nSPS) is 14.7. The Kier molecular flexibility index (Phi) is 5.53. The molecule has 0 aromatic heterocycles. The summed E-state index contributed by atoms with van der Waals surface area (Å²) in [5.74, 6) is -1.19. The van der Waals surface area contributed by atoms with E-state index in [4.69, 9.17) is 5.11 Å². The third-order valence-corrected chi connectivity index (χ3v) is 2.35. The number of carbonyl (C=O) groups excluding carboxylic acids is 1. The predicted octanol–water partition coefficient (Wildman–Crippen LogP) is 0.575. The summed E-state index contributed by atoms with van der Waals surface area (Å²) in [5.41, 5.74) is 0. The highest BCUT2D eigenvalue weighted by Crippen LogP contribution is 2.02. The number of carboxylic acids is 1. The van der Waals surface area contributed by atoms with Gasteiger partial charge in [-0.2, -0.15) is 11.8 Å². The molecule has 0 saturated heterocycles. The van der Waals surface area contributed by atoms with Gasteiger partial charge in [0.05, 0.1) is 11.7 Å². The van der Waals surface area contributed by atoms with Gasteiger partial charge in [-0.3, -0.25) is 9.59 Å². The van der Waals surface area contributed by atoms with Gasteiger partial charge in [-0.05, 0) is 20.1 Å². The molecule has 0 saturated carbocycles. The number of amides is 1. The lowest BCUT2D eigenvalue weighted by atomic mass is 10.0. The number of carboxylic acid groups (broad SMARTS) is 1. The van der Waals surface area contributed by atoms with Gasteiger partial charge in [-0.25, -0.2) is 0 Å². The first-order valence-corrected chi connectivity index (χ1v) is 5.39. The molecule has 0 rings (SSSR count). The van der Waals surface area contributed by atoms with Crippen LogP contribution in [0, 0.1) is 5.92 Å². The van der Waals surface area contributed by atoms with Crippen LogP contribution in [0.2, 0.25) is 0 Å². The SMILES string of the molecule is CSCC(=O)NC(C)C(C)C(=O)O. The predicted molar refractivity (Wildman–Crippen MR) is 52.8 cm³/mol. The second-order valence-corrected chi connectivity index (χ2v) is 3.78. The molecule has 0 aliphatic rings. The van der Waals surface area contributed by atoms with Crippen molar-refractivity contribution in [2.75, 3.05) is 12.0 Å². The van der Waals surface area contributed by atoms with E-state index in [1.165, 1.54) is 11.8 Å². The smallest absolute Gasteiger partial charge is 0.308 e. The van der Waals surface area contributed by atoms with Crippen LogP contribution in [-0.2, 0) is 9.59 Å². The Hall–Kier alpha value is -0.710. The van der Waals surface area contributed by atoms with Crippen LogP contribution in [0.4, 0.5) is 0 Å². The molecule has 2 unspecified atom stereocenters. The molecule has 2 N–H and O–H groups in total. The van der Waals surface area contributed by atoms with Crippen molar-refractivity contribution in [1.82, 2.24) is 5.32 Å². The van der Waals surface area contributed by atoms with Gasteiger partial charge in [0.1, 0.15) is 0 Å². The summed E-state index contributed by atoms with van der Waals surface area (Å²) in [4.78, 5) is 21.6. The molecule has 0 bridgehead atoms. The minimum Gasteiger partial charge on any atom is -0.481 e. The lowest BCUT2D eigenvalue weighted by Gasteiger charge is -2.17. The van der Waals surface area contributed by atoms with Gasteiger partial charge in [0.2, 0.25) is 5.91 Å². The largest absolute Gasteiger partial charge is 0.481 e. The van der Waals surface area contributed by atoms with E-state index >= 15 is 0 Å². The number of hydrogen-bond donors (Lipinski definition) is 2. The van der Waals surface area contributed by atoms with E-state index in [2.05, 4.69) is 5.32 Å². The maximum Gasteiger partial charge on any atom is 0.308 e. The van der Waals surface area contributed by atoms with E-state index in [1.807, 2.05) is 6.26 Å². The van der Waals surface area contributed by atoms with E-state index in [9.17, 15) is 9.59 Å². The van der Waals surface area contributed by atoms with Crippen LogP contribution in [0.5, 0.6) is 0 Å². The molecular formula is C8H15NO3S. The highest BCUT2D eigenvalue weighted by Gasteiger charge is 2.20. The first-order valence-electron chi connectivity index (χ1n) is 4.00. The lowest BCUT2D eigenvalue weighted by Crippen LogP contribution is -2.40. The third kappa shape index (κ3) is 4.77. The topological polar surface area (TPSA) is 66.4 Å². The maximum atomic E-state index is 11.1. The fourth-order valence-corrected chi connectivity index (χ4v) is 1.11. The first kappa shape index (κ1) is 12.3. The minimum atomic E-state index is -0.892. The lowest BCUT2D eigenvalue weighted by molar-refractivity contribution is -0.142. The van der Waals surface area contributed by atoms with Crippen molar-refractivity contribution in [3.63, 3.8) is 0 Å². The van der Waals surface area contributed by atoms with Gasteiger partial charge in [0.25, 0.3) is 0 Å². The van der Waals surface area contributed by atoms with E-state index in [1.54, 1.807) is 13.8 Å². The number of carbonyl (C=O) groups is 2. The number of nitrogens with one attached hydrogen (secondary N) is 1. The average molecular weight is 205 g/mol. The molecule has 76 valence electrons. The van der Waals surface area contributed by atoms with Crippen LogP contribution in [0.25, 0.3) is 0 Å². The van der Waals surface area contributed by atoms with Crippen molar-refractivity contribution in [2.24, 2.45) is 5.92 Å². The number of hydrogen-bond acceptors (Lipinski definition) is 3. The first-order chi connectivity index (χ1) is 5.99. The molecule has 0 radical (unpaired) electrons. The summed E-state index contributed by atoms with van der Waals surface area (Å²) in [6.45, 7) is 3.27. The van der Waals surface area contributed by atoms with Crippen molar-refractivity contribution in [1.29, 1.82) is 0 Å². The van der Waals surface area contributed by atoms with Crippen LogP contribution in [0.3, 0.4) is 0 Å². The Morgan fingerprint density at radius 1 is 1.46 bits per heavy atom. The number of aliphatic carboxylic acids is 1. The van der Waals surface area contributed by atoms with Crippen LogP contribution in [-0.4, -0.2) is 35.0 Å². The summed E-state index contributed by atoms with van der Waals surface area (Å²) < 4.78 is 0. The fourth-order valence-electron chi connectivity index (χ4n) is 0.766. The van der Waals surface area contributed by atoms with Crippen molar-refractivity contribution < 1.29 is 14.7 Å².